The molecule has 6 heteroatoms. The van der Waals surface area contributed by atoms with E-state index in [0.29, 0.717) is 12.1 Å². The van der Waals surface area contributed by atoms with Crippen LogP contribution in [0, 0.1) is 17.2 Å². The first-order valence-electron chi connectivity index (χ1n) is 9.43. The summed E-state index contributed by atoms with van der Waals surface area (Å²) >= 11 is 0. The molecule has 6 nitrogen and oxygen atoms in total. The van der Waals surface area contributed by atoms with Crippen molar-refractivity contribution in [2.75, 3.05) is 13.1 Å². The fourth-order valence-electron chi connectivity index (χ4n) is 3.51. The Labute approximate surface area is 164 Å². The van der Waals surface area contributed by atoms with Crippen molar-refractivity contribution in [1.82, 2.24) is 19.4 Å². The van der Waals surface area contributed by atoms with E-state index in [0.717, 1.165) is 42.8 Å². The Morgan fingerprint density at radius 3 is 2.75 bits per heavy atom. The maximum Gasteiger partial charge on any atom is 0.253 e. The first kappa shape index (κ1) is 17.9. The third-order valence-electron chi connectivity index (χ3n) is 5.07. The zero-order valence-electron chi connectivity index (χ0n) is 15.5. The maximum absolute atomic E-state index is 12.7. The zero-order valence-corrected chi connectivity index (χ0v) is 15.5. The Bertz CT molecular complexity index is 971. The third kappa shape index (κ3) is 3.94. The van der Waals surface area contributed by atoms with E-state index < -0.39 is 0 Å². The molecule has 1 aliphatic rings. The van der Waals surface area contributed by atoms with Crippen LogP contribution in [0.4, 0.5) is 0 Å². The zero-order chi connectivity index (χ0) is 19.3. The van der Waals surface area contributed by atoms with Crippen LogP contribution in [0.15, 0.2) is 61.3 Å². The highest BCUT2D eigenvalue weighted by Gasteiger charge is 2.24. The lowest BCUT2D eigenvalue weighted by molar-refractivity contribution is 0.0699. The smallest absolute Gasteiger partial charge is 0.253 e. The number of aromatic nitrogens is 3. The summed E-state index contributed by atoms with van der Waals surface area (Å²) in [6.45, 7) is 1.98. The molecule has 0 aliphatic carbocycles. The SMILES string of the molecule is N#CC1CCCN(C(=O)c2ccc(-c3ccc(Cn4ccnc4)cn3)cc2)C1. The minimum Gasteiger partial charge on any atom is -0.337 e. The van der Waals surface area contributed by atoms with Gasteiger partial charge in [0.25, 0.3) is 5.91 Å². The molecule has 3 aromatic rings. The van der Waals surface area contributed by atoms with Crippen molar-refractivity contribution in [3.05, 3.63) is 72.4 Å². The van der Waals surface area contributed by atoms with Crippen LogP contribution in [-0.2, 0) is 6.54 Å². The summed E-state index contributed by atoms with van der Waals surface area (Å²) in [7, 11) is 0. The number of amides is 1. The van der Waals surface area contributed by atoms with Gasteiger partial charge in [0.2, 0.25) is 0 Å². The van der Waals surface area contributed by atoms with Crippen molar-refractivity contribution in [2.45, 2.75) is 19.4 Å². The number of benzene rings is 1. The largest absolute Gasteiger partial charge is 0.337 e. The molecular formula is C22H21N5O. The fourth-order valence-corrected chi connectivity index (χ4v) is 3.51. The number of likely N-dealkylation sites (tertiary alicyclic amines) is 1. The average Bonchev–Trinajstić information content (AvgIpc) is 3.27. The molecular weight excluding hydrogens is 350 g/mol. The van der Waals surface area contributed by atoms with Gasteiger partial charge in [-0.25, -0.2) is 4.98 Å². The van der Waals surface area contributed by atoms with E-state index in [1.165, 1.54) is 0 Å². The summed E-state index contributed by atoms with van der Waals surface area (Å²) in [6, 6.07) is 13.9. The van der Waals surface area contributed by atoms with Crippen LogP contribution in [0.1, 0.15) is 28.8 Å². The summed E-state index contributed by atoms with van der Waals surface area (Å²) in [5.41, 5.74) is 3.60. The standard InChI is InChI=1S/C22H21N5O/c23-12-17-2-1-10-27(15-17)22(28)20-6-4-19(5-7-20)21-8-3-18(13-25-21)14-26-11-9-24-16-26/h3-9,11,13,16-17H,1-2,10,14-15H2. The van der Waals surface area contributed by atoms with Crippen molar-refractivity contribution in [3.8, 4) is 17.3 Å². The molecule has 1 fully saturated rings. The Hall–Kier alpha value is -3.46. The number of pyridine rings is 1. The average molecular weight is 371 g/mol. The van der Waals surface area contributed by atoms with Gasteiger partial charge in [-0.05, 0) is 36.6 Å². The number of rotatable bonds is 4. The van der Waals surface area contributed by atoms with Crippen molar-refractivity contribution < 1.29 is 4.79 Å². The number of piperidine rings is 1. The lowest BCUT2D eigenvalue weighted by atomic mass is 9.98. The maximum atomic E-state index is 12.7. The van der Waals surface area contributed by atoms with Gasteiger partial charge in [0.15, 0.2) is 0 Å². The van der Waals surface area contributed by atoms with Gasteiger partial charge in [0, 0.05) is 49.4 Å². The molecule has 1 aliphatic heterocycles. The van der Waals surface area contributed by atoms with Crippen LogP contribution in [0.2, 0.25) is 0 Å². The van der Waals surface area contributed by atoms with Crippen LogP contribution >= 0.6 is 0 Å². The van der Waals surface area contributed by atoms with E-state index in [1.54, 1.807) is 17.4 Å². The predicted octanol–water partition coefficient (Wildman–Crippen LogP) is 3.37. The molecule has 1 aromatic carbocycles. The Balaban J connectivity index is 1.44. The van der Waals surface area contributed by atoms with Gasteiger partial charge >= 0.3 is 0 Å². The fraction of sp³-hybridized carbons (Fsp3) is 0.273. The highest BCUT2D eigenvalue weighted by atomic mass is 16.2. The highest BCUT2D eigenvalue weighted by molar-refractivity contribution is 5.94. The minimum atomic E-state index is -0.0537. The second kappa shape index (κ2) is 8.05. The molecule has 0 bridgehead atoms. The molecule has 1 unspecified atom stereocenters. The Kier molecular flexibility index (Phi) is 5.16. The van der Waals surface area contributed by atoms with Crippen LogP contribution in [0.5, 0.6) is 0 Å². The summed E-state index contributed by atoms with van der Waals surface area (Å²) < 4.78 is 1.99. The predicted molar refractivity (Wildman–Crippen MR) is 105 cm³/mol. The van der Waals surface area contributed by atoms with Crippen molar-refractivity contribution >= 4 is 5.91 Å². The van der Waals surface area contributed by atoms with Gasteiger partial charge in [-0.15, -0.1) is 0 Å². The van der Waals surface area contributed by atoms with Crippen molar-refractivity contribution in [1.29, 1.82) is 5.26 Å². The summed E-state index contributed by atoms with van der Waals surface area (Å²) in [4.78, 5) is 23.1. The number of nitrogens with zero attached hydrogens (tertiary/aromatic N) is 5. The minimum absolute atomic E-state index is 0.00450. The Morgan fingerprint density at radius 2 is 2.07 bits per heavy atom. The van der Waals surface area contributed by atoms with Gasteiger partial charge in [-0.1, -0.05) is 18.2 Å². The molecule has 2 aromatic heterocycles. The van der Waals surface area contributed by atoms with Gasteiger partial charge in [-0.2, -0.15) is 5.26 Å². The van der Waals surface area contributed by atoms with Crippen LogP contribution in [0.3, 0.4) is 0 Å². The summed E-state index contributed by atoms with van der Waals surface area (Å²) in [5.74, 6) is -0.0582. The second-order valence-corrected chi connectivity index (χ2v) is 7.08. The van der Waals surface area contributed by atoms with Gasteiger partial charge in [0.1, 0.15) is 0 Å². The Morgan fingerprint density at radius 1 is 1.21 bits per heavy atom. The van der Waals surface area contributed by atoms with Gasteiger partial charge < -0.3 is 9.47 Å². The molecule has 3 heterocycles. The first-order valence-corrected chi connectivity index (χ1v) is 9.43. The third-order valence-corrected chi connectivity index (χ3v) is 5.07. The lowest BCUT2D eigenvalue weighted by Gasteiger charge is -2.29. The van der Waals surface area contributed by atoms with E-state index in [-0.39, 0.29) is 11.8 Å². The van der Waals surface area contributed by atoms with Crippen LogP contribution in [0.25, 0.3) is 11.3 Å². The van der Waals surface area contributed by atoms with Gasteiger partial charge in [0.05, 0.1) is 24.0 Å². The van der Waals surface area contributed by atoms with Crippen LogP contribution in [-0.4, -0.2) is 38.4 Å². The number of carbonyl (C=O) groups excluding carboxylic acids is 1. The number of carbonyl (C=O) groups is 1. The number of nitriles is 1. The monoisotopic (exact) mass is 371 g/mol. The number of hydrogen-bond donors (Lipinski definition) is 0. The summed E-state index contributed by atoms with van der Waals surface area (Å²) in [6.07, 6.45) is 9.09. The molecule has 0 radical (unpaired) electrons. The van der Waals surface area contributed by atoms with Crippen molar-refractivity contribution in [3.63, 3.8) is 0 Å². The molecule has 0 N–H and O–H groups in total. The molecule has 1 amide bonds. The summed E-state index contributed by atoms with van der Waals surface area (Å²) in [5, 5.41) is 9.12. The van der Waals surface area contributed by atoms with E-state index in [9.17, 15) is 4.79 Å². The number of hydrogen-bond acceptors (Lipinski definition) is 4. The van der Waals surface area contributed by atoms with E-state index in [2.05, 4.69) is 22.1 Å². The highest BCUT2D eigenvalue weighted by Crippen LogP contribution is 2.21. The molecule has 1 atom stereocenters. The second-order valence-electron chi connectivity index (χ2n) is 7.08. The topological polar surface area (TPSA) is 74.8 Å². The van der Waals surface area contributed by atoms with E-state index >= 15 is 0 Å². The molecule has 1 saturated heterocycles. The molecule has 0 saturated carbocycles. The van der Waals surface area contributed by atoms with Gasteiger partial charge in [-0.3, -0.25) is 9.78 Å². The van der Waals surface area contributed by atoms with E-state index in [1.807, 2.05) is 47.3 Å². The van der Waals surface area contributed by atoms with Crippen molar-refractivity contribution in [2.24, 2.45) is 5.92 Å². The van der Waals surface area contributed by atoms with Crippen LogP contribution < -0.4 is 0 Å². The quantitative estimate of drug-likeness (QED) is 0.705. The molecule has 28 heavy (non-hydrogen) atoms. The molecule has 4 rings (SSSR count). The first-order chi connectivity index (χ1) is 13.7. The molecule has 0 spiro atoms. The van der Waals surface area contributed by atoms with E-state index in [4.69, 9.17) is 5.26 Å². The normalized spacial score (nSPS) is 16.5. The molecule has 140 valence electrons. The number of imidazole rings is 1. The lowest BCUT2D eigenvalue weighted by Crippen LogP contribution is -2.39.